The highest BCUT2D eigenvalue weighted by atomic mass is 32.1. The fourth-order valence-corrected chi connectivity index (χ4v) is 4.58. The minimum atomic E-state index is -0.303. The molecule has 1 amide bonds. The summed E-state index contributed by atoms with van der Waals surface area (Å²) in [4.78, 5) is 21.8. The van der Waals surface area contributed by atoms with Crippen molar-refractivity contribution in [2.45, 2.75) is 31.7 Å². The molecule has 0 saturated carbocycles. The number of hydrogen-bond donors (Lipinski definition) is 1. The van der Waals surface area contributed by atoms with E-state index in [1.807, 2.05) is 60.3 Å². The van der Waals surface area contributed by atoms with Crippen molar-refractivity contribution in [2.24, 2.45) is 7.05 Å². The quantitative estimate of drug-likeness (QED) is 0.389. The summed E-state index contributed by atoms with van der Waals surface area (Å²) in [7, 11) is 3.57. The predicted octanol–water partition coefficient (Wildman–Crippen LogP) is 4.66. The molecule has 1 N–H and O–H groups in total. The van der Waals surface area contributed by atoms with Crippen molar-refractivity contribution in [1.82, 2.24) is 19.9 Å². The smallest absolute Gasteiger partial charge is 0.220 e. The molecule has 0 aliphatic rings. The van der Waals surface area contributed by atoms with Crippen LogP contribution in [0.3, 0.4) is 0 Å². The monoisotopic (exact) mass is 434 g/mol. The number of nitrogens with zero attached hydrogens (tertiary/aromatic N) is 3. The van der Waals surface area contributed by atoms with E-state index in [9.17, 15) is 4.79 Å². The number of fused-ring (bicyclic) bond motifs is 1. The second-order valence-corrected chi connectivity index (χ2v) is 8.57. The maximum absolute atomic E-state index is 12.7. The molecule has 4 aromatic rings. The first kappa shape index (κ1) is 21.1. The summed E-state index contributed by atoms with van der Waals surface area (Å²) in [6.45, 7) is 0. The summed E-state index contributed by atoms with van der Waals surface area (Å²) in [5.41, 5.74) is 2.02. The van der Waals surface area contributed by atoms with E-state index in [4.69, 9.17) is 4.74 Å². The van der Waals surface area contributed by atoms with E-state index in [0.717, 1.165) is 46.9 Å². The van der Waals surface area contributed by atoms with Crippen molar-refractivity contribution in [2.75, 3.05) is 7.11 Å². The summed E-state index contributed by atoms with van der Waals surface area (Å²) in [6, 6.07) is 15.6. The highest BCUT2D eigenvalue weighted by Gasteiger charge is 2.20. The lowest BCUT2D eigenvalue weighted by atomic mass is 10.1. The molecule has 160 valence electrons. The molecule has 2 heterocycles. The molecule has 0 bridgehead atoms. The summed E-state index contributed by atoms with van der Waals surface area (Å²) < 4.78 is 8.40. The van der Waals surface area contributed by atoms with E-state index in [1.54, 1.807) is 24.6 Å². The Morgan fingerprint density at radius 1 is 1.16 bits per heavy atom. The Hall–Kier alpha value is -3.19. The summed E-state index contributed by atoms with van der Waals surface area (Å²) in [5.74, 6) is 1.60. The fraction of sp³-hybridized carbons (Fsp3) is 0.292. The zero-order valence-electron chi connectivity index (χ0n) is 17.7. The third kappa shape index (κ3) is 5.11. The number of rotatable bonds is 9. The lowest BCUT2D eigenvalue weighted by Gasteiger charge is -2.19. The molecule has 0 spiro atoms. The Labute approximate surface area is 185 Å². The zero-order chi connectivity index (χ0) is 21.6. The first-order valence-electron chi connectivity index (χ1n) is 10.4. The molecule has 0 saturated heterocycles. The highest BCUT2D eigenvalue weighted by molar-refractivity contribution is 7.18. The number of para-hydroxylation sites is 1. The van der Waals surface area contributed by atoms with Gasteiger partial charge in [0.25, 0.3) is 0 Å². The fourth-order valence-electron chi connectivity index (χ4n) is 3.57. The van der Waals surface area contributed by atoms with Crippen LogP contribution in [-0.2, 0) is 18.3 Å². The van der Waals surface area contributed by atoms with Crippen molar-refractivity contribution in [3.8, 4) is 5.75 Å². The van der Waals surface area contributed by atoms with Crippen LogP contribution >= 0.6 is 11.3 Å². The molecular formula is C24H26N4O2S. The molecule has 0 aliphatic carbocycles. The van der Waals surface area contributed by atoms with Gasteiger partial charge in [0.05, 0.1) is 22.3 Å². The van der Waals surface area contributed by atoms with Gasteiger partial charge in [-0.3, -0.25) is 4.79 Å². The lowest BCUT2D eigenvalue weighted by molar-refractivity contribution is -0.121. The van der Waals surface area contributed by atoms with E-state index in [0.29, 0.717) is 6.42 Å². The number of unbranched alkanes of at least 4 members (excludes halogenated alkanes) is 1. The van der Waals surface area contributed by atoms with Crippen LogP contribution in [0.25, 0.3) is 10.2 Å². The minimum absolute atomic E-state index is 0.0214. The second-order valence-electron chi connectivity index (χ2n) is 7.45. The molecule has 1 unspecified atom stereocenters. The molecule has 0 radical (unpaired) electrons. The maximum atomic E-state index is 12.7. The van der Waals surface area contributed by atoms with Gasteiger partial charge in [-0.1, -0.05) is 24.3 Å². The predicted molar refractivity (Wildman–Crippen MR) is 123 cm³/mol. The van der Waals surface area contributed by atoms with Gasteiger partial charge >= 0.3 is 0 Å². The van der Waals surface area contributed by atoms with Crippen LogP contribution in [-0.4, -0.2) is 27.6 Å². The van der Waals surface area contributed by atoms with Gasteiger partial charge in [-0.2, -0.15) is 0 Å². The maximum Gasteiger partial charge on any atom is 0.220 e. The first-order chi connectivity index (χ1) is 15.1. The number of benzene rings is 2. The van der Waals surface area contributed by atoms with Gasteiger partial charge in [0.1, 0.15) is 17.6 Å². The number of aromatic nitrogens is 3. The van der Waals surface area contributed by atoms with Gasteiger partial charge in [0.2, 0.25) is 5.91 Å². The van der Waals surface area contributed by atoms with E-state index in [2.05, 4.69) is 21.4 Å². The number of carbonyl (C=O) groups is 1. The van der Waals surface area contributed by atoms with Gasteiger partial charge in [-0.25, -0.2) is 9.97 Å². The Kier molecular flexibility index (Phi) is 6.62. The van der Waals surface area contributed by atoms with Crippen molar-refractivity contribution in [1.29, 1.82) is 0 Å². The lowest BCUT2D eigenvalue weighted by Crippen LogP contribution is -2.30. The third-order valence-corrected chi connectivity index (χ3v) is 6.35. The molecule has 2 aromatic carbocycles. The topological polar surface area (TPSA) is 69.0 Å². The van der Waals surface area contributed by atoms with E-state index in [-0.39, 0.29) is 11.9 Å². The first-order valence-corrected chi connectivity index (χ1v) is 11.2. The van der Waals surface area contributed by atoms with Gasteiger partial charge in [0, 0.05) is 25.9 Å². The van der Waals surface area contributed by atoms with Crippen molar-refractivity contribution in [3.05, 3.63) is 77.3 Å². The number of thiazole rings is 1. The van der Waals surface area contributed by atoms with Crippen molar-refractivity contribution >= 4 is 27.5 Å². The van der Waals surface area contributed by atoms with Crippen molar-refractivity contribution < 1.29 is 9.53 Å². The largest absolute Gasteiger partial charge is 0.497 e. The molecule has 7 heteroatoms. The average Bonchev–Trinajstić information content (AvgIpc) is 3.40. The number of nitrogens with one attached hydrogen (secondary N) is 1. The Balaban J connectivity index is 1.35. The van der Waals surface area contributed by atoms with Gasteiger partial charge in [0.15, 0.2) is 0 Å². The molecule has 4 rings (SSSR count). The van der Waals surface area contributed by atoms with Gasteiger partial charge < -0.3 is 14.6 Å². The average molecular weight is 435 g/mol. The highest BCUT2D eigenvalue weighted by Crippen LogP contribution is 2.24. The van der Waals surface area contributed by atoms with Crippen LogP contribution in [0.1, 0.15) is 41.7 Å². The SMILES string of the molecule is COc1ccc(C(NC(=O)CCCCc2nc3ccccc3s2)c2nccn2C)cc1. The molecule has 6 nitrogen and oxygen atoms in total. The summed E-state index contributed by atoms with van der Waals surface area (Å²) in [5, 5.41) is 4.29. The Bertz CT molecular complexity index is 1120. The molecular weight excluding hydrogens is 408 g/mol. The molecule has 0 fully saturated rings. The molecule has 0 aliphatic heterocycles. The molecule has 1 atom stereocenters. The Morgan fingerprint density at radius 3 is 2.68 bits per heavy atom. The zero-order valence-corrected chi connectivity index (χ0v) is 18.6. The summed E-state index contributed by atoms with van der Waals surface area (Å²) >= 11 is 1.73. The van der Waals surface area contributed by atoms with Crippen LogP contribution < -0.4 is 10.1 Å². The van der Waals surface area contributed by atoms with Gasteiger partial charge in [-0.15, -0.1) is 11.3 Å². The standard InChI is InChI=1S/C24H26N4O2S/c1-28-16-15-25-24(28)23(17-11-13-18(30-2)14-12-17)27-21(29)9-5-6-10-22-26-19-7-3-4-8-20(19)31-22/h3-4,7-8,11-16,23H,5-6,9-10H2,1-2H3,(H,27,29). The number of carbonyl (C=O) groups excluding carboxylic acids is 1. The van der Waals surface area contributed by atoms with E-state index in [1.165, 1.54) is 4.70 Å². The Morgan fingerprint density at radius 2 is 1.97 bits per heavy atom. The number of methoxy groups -OCH3 is 1. The molecule has 31 heavy (non-hydrogen) atoms. The minimum Gasteiger partial charge on any atom is -0.497 e. The number of amides is 1. The van der Waals surface area contributed by atoms with E-state index >= 15 is 0 Å². The second kappa shape index (κ2) is 9.75. The number of imidazole rings is 1. The van der Waals surface area contributed by atoms with Crippen LogP contribution in [0.2, 0.25) is 0 Å². The van der Waals surface area contributed by atoms with Gasteiger partial charge in [-0.05, 0) is 49.1 Å². The normalized spacial score (nSPS) is 12.1. The number of hydrogen-bond acceptors (Lipinski definition) is 5. The van der Waals surface area contributed by atoms with E-state index < -0.39 is 0 Å². The van der Waals surface area contributed by atoms with Crippen LogP contribution in [0.5, 0.6) is 5.75 Å². The van der Waals surface area contributed by atoms with Crippen LogP contribution in [0.15, 0.2) is 60.9 Å². The van der Waals surface area contributed by atoms with Crippen molar-refractivity contribution in [3.63, 3.8) is 0 Å². The molecule has 2 aromatic heterocycles. The summed E-state index contributed by atoms with van der Waals surface area (Å²) in [6.07, 6.45) is 6.75. The van der Waals surface area contributed by atoms with Crippen LogP contribution in [0.4, 0.5) is 0 Å². The number of aryl methyl sites for hydroxylation is 2. The third-order valence-electron chi connectivity index (χ3n) is 5.25. The van der Waals surface area contributed by atoms with Crippen LogP contribution in [0, 0.1) is 0 Å². The number of ether oxygens (including phenoxy) is 1.